The summed E-state index contributed by atoms with van der Waals surface area (Å²) in [6.45, 7) is 1.48. The number of benzene rings is 1. The Kier molecular flexibility index (Phi) is 6.46. The highest BCUT2D eigenvalue weighted by Crippen LogP contribution is 2.29. The molecule has 10 heteroatoms. The molecule has 0 saturated carbocycles. The van der Waals surface area contributed by atoms with Crippen molar-refractivity contribution in [1.29, 1.82) is 0 Å². The second kappa shape index (κ2) is 8.86. The number of piperazine rings is 1. The maximum absolute atomic E-state index is 13.7. The fourth-order valence-corrected chi connectivity index (χ4v) is 3.22. The summed E-state index contributed by atoms with van der Waals surface area (Å²) in [6, 6.07) is 6.65. The molecule has 1 aliphatic heterocycles. The monoisotopic (exact) mass is 431 g/mol. The zero-order valence-corrected chi connectivity index (χ0v) is 16.0. The molecule has 0 aliphatic carbocycles. The van der Waals surface area contributed by atoms with E-state index in [-0.39, 0.29) is 18.1 Å². The third-order valence-corrected chi connectivity index (χ3v) is 4.93. The van der Waals surface area contributed by atoms with Crippen molar-refractivity contribution in [2.24, 2.45) is 0 Å². The summed E-state index contributed by atoms with van der Waals surface area (Å²) in [5.74, 6) is -0.0357. The molecule has 1 aromatic heterocycles. The molecular formula is C19H18ClF4N3O2. The number of aromatic nitrogens is 1. The summed E-state index contributed by atoms with van der Waals surface area (Å²) in [5.41, 5.74) is -0.515. The lowest BCUT2D eigenvalue weighted by Crippen LogP contribution is -2.49. The number of hydrogen-bond donors (Lipinski definition) is 0. The number of carbonyl (C=O) groups is 1. The van der Waals surface area contributed by atoms with E-state index in [0.717, 1.165) is 12.3 Å². The normalized spacial score (nSPS) is 14.8. The first-order valence-electron chi connectivity index (χ1n) is 8.88. The molecule has 5 nitrogen and oxygen atoms in total. The Labute approximate surface area is 169 Å². The number of anilines is 1. The maximum atomic E-state index is 13.7. The quantitative estimate of drug-likeness (QED) is 0.673. The molecule has 1 aromatic carbocycles. The van der Waals surface area contributed by atoms with Gasteiger partial charge in [0.2, 0.25) is 0 Å². The van der Waals surface area contributed by atoms with Crippen LogP contribution in [0, 0.1) is 5.82 Å². The van der Waals surface area contributed by atoms with Crippen molar-refractivity contribution in [2.75, 3.05) is 37.7 Å². The molecule has 3 rings (SSSR count). The SMILES string of the molecule is O=C(OCCc1c(F)cccc1Cl)N1CCN(c2ccc(C(F)(F)F)cn2)CC1. The highest BCUT2D eigenvalue weighted by atomic mass is 35.5. The second-order valence-electron chi connectivity index (χ2n) is 6.44. The van der Waals surface area contributed by atoms with Crippen LogP contribution in [0.25, 0.3) is 0 Å². The van der Waals surface area contributed by atoms with Crippen molar-refractivity contribution in [3.63, 3.8) is 0 Å². The van der Waals surface area contributed by atoms with Gasteiger partial charge in [-0.3, -0.25) is 0 Å². The topological polar surface area (TPSA) is 45.7 Å². The first-order chi connectivity index (χ1) is 13.8. The predicted molar refractivity (Wildman–Crippen MR) is 99.5 cm³/mol. The van der Waals surface area contributed by atoms with Crippen LogP contribution in [-0.2, 0) is 17.3 Å². The van der Waals surface area contributed by atoms with Crippen LogP contribution >= 0.6 is 11.6 Å². The van der Waals surface area contributed by atoms with E-state index in [0.29, 0.717) is 37.6 Å². The summed E-state index contributed by atoms with van der Waals surface area (Å²) >= 11 is 5.94. The molecule has 1 fully saturated rings. The summed E-state index contributed by atoms with van der Waals surface area (Å²) < 4.78 is 56.8. The van der Waals surface area contributed by atoms with Gasteiger partial charge in [-0.25, -0.2) is 14.2 Å². The summed E-state index contributed by atoms with van der Waals surface area (Å²) in [7, 11) is 0. The maximum Gasteiger partial charge on any atom is 0.417 e. The second-order valence-corrected chi connectivity index (χ2v) is 6.85. The molecule has 2 heterocycles. The van der Waals surface area contributed by atoms with Gasteiger partial charge >= 0.3 is 12.3 Å². The molecule has 1 aliphatic rings. The van der Waals surface area contributed by atoms with Crippen LogP contribution in [0.3, 0.4) is 0 Å². The highest BCUT2D eigenvalue weighted by molar-refractivity contribution is 6.31. The Morgan fingerprint density at radius 3 is 2.45 bits per heavy atom. The van der Waals surface area contributed by atoms with E-state index in [1.165, 1.54) is 23.1 Å². The van der Waals surface area contributed by atoms with Gasteiger partial charge in [-0.2, -0.15) is 13.2 Å². The average molecular weight is 432 g/mol. The molecule has 0 bridgehead atoms. The lowest BCUT2D eigenvalue weighted by atomic mass is 10.1. The largest absolute Gasteiger partial charge is 0.449 e. The minimum atomic E-state index is -4.43. The number of halogens is 5. The Hall–Kier alpha value is -2.55. The van der Waals surface area contributed by atoms with E-state index in [9.17, 15) is 22.4 Å². The van der Waals surface area contributed by atoms with Crippen molar-refractivity contribution in [3.05, 3.63) is 58.5 Å². The number of ether oxygens (including phenoxy) is 1. The zero-order valence-electron chi connectivity index (χ0n) is 15.3. The Morgan fingerprint density at radius 1 is 1.14 bits per heavy atom. The predicted octanol–water partition coefficient (Wildman–Crippen LogP) is 4.39. The van der Waals surface area contributed by atoms with Crippen molar-refractivity contribution in [1.82, 2.24) is 9.88 Å². The molecular weight excluding hydrogens is 414 g/mol. The smallest absolute Gasteiger partial charge is 0.417 e. The van der Waals surface area contributed by atoms with Gasteiger partial charge in [-0.1, -0.05) is 17.7 Å². The van der Waals surface area contributed by atoms with E-state index in [4.69, 9.17) is 16.3 Å². The Bertz CT molecular complexity index is 833. The van der Waals surface area contributed by atoms with Gasteiger partial charge in [0.25, 0.3) is 0 Å². The van der Waals surface area contributed by atoms with Gasteiger partial charge < -0.3 is 14.5 Å². The fraction of sp³-hybridized carbons (Fsp3) is 0.368. The van der Waals surface area contributed by atoms with Gasteiger partial charge in [-0.15, -0.1) is 0 Å². The van der Waals surface area contributed by atoms with Crippen LogP contribution in [0.5, 0.6) is 0 Å². The summed E-state index contributed by atoms with van der Waals surface area (Å²) in [5, 5.41) is 0.277. The number of alkyl halides is 3. The molecule has 1 saturated heterocycles. The summed E-state index contributed by atoms with van der Waals surface area (Å²) in [4.78, 5) is 19.3. The van der Waals surface area contributed by atoms with E-state index in [2.05, 4.69) is 4.98 Å². The fourth-order valence-electron chi connectivity index (χ4n) is 2.96. The van der Waals surface area contributed by atoms with Crippen LogP contribution in [-0.4, -0.2) is 48.8 Å². The van der Waals surface area contributed by atoms with Gasteiger partial charge in [-0.05, 0) is 24.3 Å². The lowest BCUT2D eigenvalue weighted by molar-refractivity contribution is -0.137. The molecule has 1 amide bonds. The number of carbonyl (C=O) groups excluding carboxylic acids is 1. The third-order valence-electron chi connectivity index (χ3n) is 4.58. The molecule has 29 heavy (non-hydrogen) atoms. The number of amides is 1. The van der Waals surface area contributed by atoms with E-state index in [1.54, 1.807) is 11.0 Å². The first-order valence-corrected chi connectivity index (χ1v) is 9.26. The Balaban J connectivity index is 1.47. The van der Waals surface area contributed by atoms with E-state index < -0.39 is 23.7 Å². The molecule has 2 aromatic rings. The minimum Gasteiger partial charge on any atom is -0.449 e. The molecule has 0 unspecified atom stereocenters. The van der Waals surface area contributed by atoms with Gasteiger partial charge in [0.05, 0.1) is 12.2 Å². The highest BCUT2D eigenvalue weighted by Gasteiger charge is 2.31. The van der Waals surface area contributed by atoms with Crippen molar-refractivity contribution >= 4 is 23.5 Å². The standard InChI is InChI=1S/C19H18ClF4N3O2/c20-15-2-1-3-16(21)14(15)6-11-29-18(28)27-9-7-26(8-10-27)17-5-4-13(12-25-17)19(22,23)24/h1-5,12H,6-11H2. The zero-order chi connectivity index (χ0) is 21.0. The molecule has 0 radical (unpaired) electrons. The van der Waals surface area contributed by atoms with Crippen molar-refractivity contribution in [3.8, 4) is 0 Å². The van der Waals surface area contributed by atoms with Crippen LogP contribution in [0.15, 0.2) is 36.5 Å². The molecule has 0 atom stereocenters. The molecule has 0 spiro atoms. The van der Waals surface area contributed by atoms with E-state index >= 15 is 0 Å². The number of rotatable bonds is 4. The summed E-state index contributed by atoms with van der Waals surface area (Å²) in [6.07, 6.45) is -4.00. The van der Waals surface area contributed by atoms with Crippen molar-refractivity contribution < 1.29 is 27.1 Å². The third kappa shape index (κ3) is 5.29. The minimum absolute atomic E-state index is 0.0137. The Morgan fingerprint density at radius 2 is 1.86 bits per heavy atom. The number of pyridine rings is 1. The first kappa shape index (κ1) is 21.2. The molecule has 0 N–H and O–H groups in total. The van der Waals surface area contributed by atoms with Crippen LogP contribution < -0.4 is 4.90 Å². The van der Waals surface area contributed by atoms with Crippen LogP contribution in [0.1, 0.15) is 11.1 Å². The number of hydrogen-bond acceptors (Lipinski definition) is 4. The average Bonchev–Trinajstić information content (AvgIpc) is 2.69. The number of nitrogens with zero attached hydrogens (tertiary/aromatic N) is 3. The van der Waals surface area contributed by atoms with Gasteiger partial charge in [0.15, 0.2) is 0 Å². The van der Waals surface area contributed by atoms with Crippen molar-refractivity contribution in [2.45, 2.75) is 12.6 Å². The molecule has 156 valence electrons. The van der Waals surface area contributed by atoms with Crippen LogP contribution in [0.2, 0.25) is 5.02 Å². The van der Waals surface area contributed by atoms with Crippen LogP contribution in [0.4, 0.5) is 28.2 Å². The lowest BCUT2D eigenvalue weighted by Gasteiger charge is -2.34. The van der Waals surface area contributed by atoms with Gasteiger partial charge in [0.1, 0.15) is 11.6 Å². The van der Waals surface area contributed by atoms with Gasteiger partial charge in [0, 0.05) is 49.4 Å². The van der Waals surface area contributed by atoms with E-state index in [1.807, 2.05) is 0 Å².